The van der Waals surface area contributed by atoms with Gasteiger partial charge in [-0.1, -0.05) is 0 Å². The molecule has 11 heteroatoms. The van der Waals surface area contributed by atoms with Crippen molar-refractivity contribution in [3.63, 3.8) is 0 Å². The zero-order valence-electron chi connectivity index (χ0n) is 13.1. The van der Waals surface area contributed by atoms with Gasteiger partial charge in [0, 0.05) is 56.3 Å². The lowest BCUT2D eigenvalue weighted by Crippen LogP contribution is -2.45. The zero-order valence-corrected chi connectivity index (χ0v) is 14.7. The van der Waals surface area contributed by atoms with E-state index >= 15 is 0 Å². The SMILES string of the molecule is Cl.Cl.O=[N+]([O-])c1ccc(F)c([C@H](CCC(F)(F)F)N2CCNCC2)c1. The third-order valence-corrected chi connectivity index (χ3v) is 3.84. The summed E-state index contributed by atoms with van der Waals surface area (Å²) in [5.74, 6) is -0.721. The number of rotatable bonds is 5. The topological polar surface area (TPSA) is 58.4 Å². The van der Waals surface area contributed by atoms with Crippen LogP contribution in [0.1, 0.15) is 24.4 Å². The number of nitro benzene ring substituents is 1. The van der Waals surface area contributed by atoms with E-state index in [0.717, 1.165) is 18.2 Å². The van der Waals surface area contributed by atoms with Crippen LogP contribution < -0.4 is 5.32 Å². The number of non-ortho nitro benzene ring substituents is 1. The highest BCUT2D eigenvalue weighted by atomic mass is 35.5. The third kappa shape index (κ3) is 6.93. The van der Waals surface area contributed by atoms with Crippen molar-refractivity contribution in [3.8, 4) is 0 Å². The van der Waals surface area contributed by atoms with Crippen LogP contribution in [0.4, 0.5) is 23.2 Å². The van der Waals surface area contributed by atoms with E-state index < -0.39 is 29.4 Å². The van der Waals surface area contributed by atoms with Crippen LogP contribution in [0.25, 0.3) is 0 Å². The van der Waals surface area contributed by atoms with Gasteiger partial charge < -0.3 is 5.32 Å². The molecule has 1 heterocycles. The first-order valence-corrected chi connectivity index (χ1v) is 7.23. The second-order valence-electron chi connectivity index (χ2n) is 5.42. The molecule has 1 aromatic carbocycles. The van der Waals surface area contributed by atoms with Gasteiger partial charge in [-0.2, -0.15) is 13.2 Å². The number of nitrogens with one attached hydrogen (secondary N) is 1. The molecule has 0 amide bonds. The van der Waals surface area contributed by atoms with Gasteiger partial charge in [0.1, 0.15) is 5.82 Å². The average Bonchev–Trinajstić information content (AvgIpc) is 2.49. The highest BCUT2D eigenvalue weighted by molar-refractivity contribution is 5.85. The summed E-state index contributed by atoms with van der Waals surface area (Å²) >= 11 is 0. The monoisotopic (exact) mass is 407 g/mol. The molecule has 1 aliphatic rings. The molecule has 1 atom stereocenters. The Morgan fingerprint density at radius 1 is 1.24 bits per heavy atom. The average molecular weight is 408 g/mol. The maximum atomic E-state index is 14.1. The number of nitro groups is 1. The summed E-state index contributed by atoms with van der Waals surface area (Å²) in [6.45, 7) is 2.09. The van der Waals surface area contributed by atoms with Crippen molar-refractivity contribution in [2.45, 2.75) is 25.1 Å². The fraction of sp³-hybridized carbons (Fsp3) is 0.571. The van der Waals surface area contributed by atoms with Crippen LogP contribution in [0.15, 0.2) is 18.2 Å². The summed E-state index contributed by atoms with van der Waals surface area (Å²) in [7, 11) is 0. The number of nitrogens with zero attached hydrogens (tertiary/aromatic N) is 2. The van der Waals surface area contributed by atoms with Crippen molar-refractivity contribution in [1.82, 2.24) is 10.2 Å². The van der Waals surface area contributed by atoms with Crippen LogP contribution in [0.3, 0.4) is 0 Å². The van der Waals surface area contributed by atoms with E-state index in [2.05, 4.69) is 5.32 Å². The van der Waals surface area contributed by atoms with E-state index in [1.165, 1.54) is 0 Å². The van der Waals surface area contributed by atoms with Crippen LogP contribution in [0.5, 0.6) is 0 Å². The minimum absolute atomic E-state index is 0. The van der Waals surface area contributed by atoms with Crippen molar-refractivity contribution in [2.75, 3.05) is 26.2 Å². The van der Waals surface area contributed by atoms with E-state index in [1.54, 1.807) is 4.90 Å². The maximum absolute atomic E-state index is 14.1. The zero-order chi connectivity index (χ0) is 17.0. The van der Waals surface area contributed by atoms with E-state index in [-0.39, 0.29) is 42.5 Å². The van der Waals surface area contributed by atoms with Gasteiger partial charge in [-0.25, -0.2) is 4.39 Å². The standard InChI is InChI=1S/C14H17F4N3O2.2ClH/c15-12-2-1-10(21(22)23)9-11(12)13(3-4-14(16,17)18)20-7-5-19-6-8-20;;/h1-2,9,13,19H,3-8H2;2*1H/t13-;;/m0../s1. The number of piperazine rings is 1. The molecule has 0 unspecified atom stereocenters. The van der Waals surface area contributed by atoms with Gasteiger partial charge in [0.25, 0.3) is 5.69 Å². The highest BCUT2D eigenvalue weighted by Gasteiger charge is 2.33. The molecule has 5 nitrogen and oxygen atoms in total. The molecule has 0 aromatic heterocycles. The molecule has 25 heavy (non-hydrogen) atoms. The predicted octanol–water partition coefficient (Wildman–Crippen LogP) is 3.87. The molecule has 0 bridgehead atoms. The first-order chi connectivity index (χ1) is 10.8. The van der Waals surface area contributed by atoms with Gasteiger partial charge in [0.2, 0.25) is 0 Å². The first-order valence-electron chi connectivity index (χ1n) is 7.23. The van der Waals surface area contributed by atoms with Gasteiger partial charge in [-0.15, -0.1) is 24.8 Å². The second-order valence-corrected chi connectivity index (χ2v) is 5.42. The Labute approximate surface area is 154 Å². The second kappa shape index (κ2) is 10.1. The van der Waals surface area contributed by atoms with E-state index in [0.29, 0.717) is 26.2 Å². The largest absolute Gasteiger partial charge is 0.389 e. The fourth-order valence-electron chi connectivity index (χ4n) is 2.73. The van der Waals surface area contributed by atoms with E-state index in [9.17, 15) is 27.7 Å². The number of alkyl halides is 3. The van der Waals surface area contributed by atoms with Crippen LogP contribution in [-0.2, 0) is 0 Å². The number of hydrogen-bond donors (Lipinski definition) is 1. The highest BCUT2D eigenvalue weighted by Crippen LogP contribution is 2.34. The molecule has 0 aliphatic carbocycles. The summed E-state index contributed by atoms with van der Waals surface area (Å²) in [6.07, 6.45) is -5.76. The van der Waals surface area contributed by atoms with E-state index in [1.807, 2.05) is 0 Å². The van der Waals surface area contributed by atoms with Gasteiger partial charge in [0.15, 0.2) is 0 Å². The van der Waals surface area contributed by atoms with Crippen LogP contribution >= 0.6 is 24.8 Å². The van der Waals surface area contributed by atoms with Crippen molar-refractivity contribution >= 4 is 30.5 Å². The van der Waals surface area contributed by atoms with Gasteiger partial charge in [-0.3, -0.25) is 15.0 Å². The maximum Gasteiger partial charge on any atom is 0.389 e. The minimum Gasteiger partial charge on any atom is -0.314 e. The summed E-state index contributed by atoms with van der Waals surface area (Å²) in [4.78, 5) is 11.9. The minimum atomic E-state index is -4.36. The fourth-order valence-corrected chi connectivity index (χ4v) is 2.73. The summed E-state index contributed by atoms with van der Waals surface area (Å²) < 4.78 is 51.8. The van der Waals surface area contributed by atoms with E-state index in [4.69, 9.17) is 0 Å². The Hall–Kier alpha value is -1.16. The van der Waals surface area contributed by atoms with Crippen molar-refractivity contribution < 1.29 is 22.5 Å². The molecule has 0 saturated carbocycles. The predicted molar refractivity (Wildman–Crippen MR) is 90.0 cm³/mol. The summed E-state index contributed by atoms with van der Waals surface area (Å²) in [6, 6.07) is 2.16. The number of benzene rings is 1. The molecule has 144 valence electrons. The van der Waals surface area contributed by atoms with Crippen molar-refractivity contribution in [3.05, 3.63) is 39.7 Å². The molecule has 2 rings (SSSR count). The lowest BCUT2D eigenvalue weighted by Gasteiger charge is -2.35. The van der Waals surface area contributed by atoms with Crippen LogP contribution in [-0.4, -0.2) is 42.2 Å². The molecular weight excluding hydrogens is 389 g/mol. The number of halogens is 6. The van der Waals surface area contributed by atoms with Gasteiger partial charge >= 0.3 is 6.18 Å². The molecule has 1 aliphatic heterocycles. The van der Waals surface area contributed by atoms with Crippen molar-refractivity contribution in [1.29, 1.82) is 0 Å². The number of hydrogen-bond acceptors (Lipinski definition) is 4. The first kappa shape index (κ1) is 23.8. The molecule has 1 saturated heterocycles. The van der Waals surface area contributed by atoms with Crippen LogP contribution in [0, 0.1) is 15.9 Å². The summed E-state index contributed by atoms with van der Waals surface area (Å²) in [5.41, 5.74) is -0.376. The van der Waals surface area contributed by atoms with Gasteiger partial charge in [0.05, 0.1) is 4.92 Å². The van der Waals surface area contributed by atoms with Gasteiger partial charge in [-0.05, 0) is 12.5 Å². The Morgan fingerprint density at radius 2 is 1.84 bits per heavy atom. The molecular formula is C14H19Cl2F4N3O2. The molecule has 0 spiro atoms. The third-order valence-electron chi connectivity index (χ3n) is 3.84. The Morgan fingerprint density at radius 3 is 2.36 bits per heavy atom. The molecule has 1 fully saturated rings. The van der Waals surface area contributed by atoms with Crippen molar-refractivity contribution in [2.24, 2.45) is 0 Å². The Balaban J connectivity index is 0.00000288. The Bertz CT molecular complexity index is 569. The Kier molecular flexibility index (Phi) is 9.63. The smallest absolute Gasteiger partial charge is 0.314 e. The summed E-state index contributed by atoms with van der Waals surface area (Å²) in [5, 5.41) is 13.9. The molecule has 0 radical (unpaired) electrons. The molecule has 1 aromatic rings. The lowest BCUT2D eigenvalue weighted by molar-refractivity contribution is -0.385. The van der Waals surface area contributed by atoms with Crippen LogP contribution in [0.2, 0.25) is 0 Å². The lowest BCUT2D eigenvalue weighted by atomic mass is 9.98. The quantitative estimate of drug-likeness (QED) is 0.457. The molecule has 1 N–H and O–H groups in total. The normalized spacial score (nSPS) is 16.5.